The normalized spacial score (nSPS) is 17.9. The van der Waals surface area contributed by atoms with Gasteiger partial charge in [-0.2, -0.15) is 0 Å². The molecule has 1 heterocycles. The largest absolute Gasteiger partial charge is 0.394 e. The van der Waals surface area contributed by atoms with Crippen LogP contribution in [-0.4, -0.2) is 27.2 Å². The Bertz CT molecular complexity index is 396. The Morgan fingerprint density at radius 2 is 2.18 bits per heavy atom. The van der Waals surface area contributed by atoms with E-state index < -0.39 is 0 Å². The summed E-state index contributed by atoms with van der Waals surface area (Å²) < 4.78 is 0. The molecule has 1 aromatic rings. The first-order valence-electron chi connectivity index (χ1n) is 6.07. The van der Waals surface area contributed by atoms with E-state index in [1.54, 1.807) is 0 Å². The third kappa shape index (κ3) is 2.20. The molecule has 2 rings (SSSR count). The zero-order chi connectivity index (χ0) is 12.5. The van der Waals surface area contributed by atoms with E-state index >= 15 is 0 Å². The Morgan fingerprint density at radius 3 is 2.65 bits per heavy atom. The van der Waals surface area contributed by atoms with Gasteiger partial charge < -0.3 is 16.2 Å². The molecular weight excluding hydrogens is 216 g/mol. The Balaban J connectivity index is 2.29. The van der Waals surface area contributed by atoms with Crippen molar-refractivity contribution in [3.05, 3.63) is 11.9 Å². The molecule has 4 N–H and O–H groups in total. The molecule has 0 bridgehead atoms. The van der Waals surface area contributed by atoms with Crippen LogP contribution in [0.25, 0.3) is 0 Å². The van der Waals surface area contributed by atoms with Crippen LogP contribution in [0, 0.1) is 0 Å². The molecule has 17 heavy (non-hydrogen) atoms. The molecule has 1 aliphatic rings. The molecule has 0 spiro atoms. The lowest BCUT2D eigenvalue weighted by Gasteiger charge is -2.42. The van der Waals surface area contributed by atoms with Gasteiger partial charge in [0.1, 0.15) is 18.0 Å². The van der Waals surface area contributed by atoms with Crippen LogP contribution >= 0.6 is 0 Å². The van der Waals surface area contributed by atoms with Gasteiger partial charge in [0.05, 0.1) is 12.1 Å². The highest BCUT2D eigenvalue weighted by molar-refractivity contribution is 5.58. The monoisotopic (exact) mass is 236 g/mol. The minimum atomic E-state index is -0.204. The van der Waals surface area contributed by atoms with E-state index in [2.05, 4.69) is 29.1 Å². The van der Waals surface area contributed by atoms with Gasteiger partial charge >= 0.3 is 0 Å². The lowest BCUT2D eigenvalue weighted by atomic mass is 9.77. The number of hydrogen-bond acceptors (Lipinski definition) is 5. The zero-order valence-corrected chi connectivity index (χ0v) is 10.4. The number of aliphatic hydroxyl groups excluding tert-OH is 1. The van der Waals surface area contributed by atoms with Gasteiger partial charge in [0.2, 0.25) is 0 Å². The van der Waals surface area contributed by atoms with Crippen LogP contribution in [0.15, 0.2) is 6.33 Å². The van der Waals surface area contributed by atoms with E-state index in [0.29, 0.717) is 5.82 Å². The topological polar surface area (TPSA) is 84.1 Å². The molecule has 0 saturated heterocycles. The van der Waals surface area contributed by atoms with Crippen LogP contribution in [0.4, 0.5) is 11.6 Å². The second-order valence-electron chi connectivity index (χ2n) is 5.09. The smallest absolute Gasteiger partial charge is 0.135 e. The molecule has 0 atom stereocenters. The molecule has 0 amide bonds. The van der Waals surface area contributed by atoms with Gasteiger partial charge in [-0.15, -0.1) is 0 Å². The summed E-state index contributed by atoms with van der Waals surface area (Å²) in [4.78, 5) is 8.29. The van der Waals surface area contributed by atoms with Crippen molar-refractivity contribution < 1.29 is 5.11 Å². The summed E-state index contributed by atoms with van der Waals surface area (Å²) >= 11 is 0. The summed E-state index contributed by atoms with van der Waals surface area (Å²) in [6.07, 6.45) is 4.56. The predicted octanol–water partition coefficient (Wildman–Crippen LogP) is 1.51. The van der Waals surface area contributed by atoms with Crippen molar-refractivity contribution in [3.8, 4) is 0 Å². The van der Waals surface area contributed by atoms with E-state index in [9.17, 15) is 5.11 Å². The first kappa shape index (κ1) is 12.1. The maximum Gasteiger partial charge on any atom is 0.135 e. The fourth-order valence-electron chi connectivity index (χ4n) is 2.26. The van der Waals surface area contributed by atoms with Crippen LogP contribution in [0.5, 0.6) is 0 Å². The molecule has 0 aliphatic heterocycles. The van der Waals surface area contributed by atoms with Gasteiger partial charge in [0.15, 0.2) is 0 Å². The predicted molar refractivity (Wildman–Crippen MR) is 67.8 cm³/mol. The fraction of sp³-hybridized carbons (Fsp3) is 0.667. The molecule has 94 valence electrons. The fourth-order valence-corrected chi connectivity index (χ4v) is 2.26. The third-order valence-electron chi connectivity index (χ3n) is 3.49. The van der Waals surface area contributed by atoms with Crippen molar-refractivity contribution in [3.63, 3.8) is 0 Å². The van der Waals surface area contributed by atoms with E-state index in [0.717, 1.165) is 30.6 Å². The van der Waals surface area contributed by atoms with E-state index in [1.807, 2.05) is 0 Å². The van der Waals surface area contributed by atoms with Crippen LogP contribution in [0.2, 0.25) is 0 Å². The Morgan fingerprint density at radius 1 is 1.47 bits per heavy atom. The number of nitrogens with zero attached hydrogens (tertiary/aromatic N) is 2. The molecule has 1 fully saturated rings. The molecular formula is C12H20N4O. The number of nitrogens with two attached hydrogens (primary N) is 1. The highest BCUT2D eigenvalue weighted by Gasteiger charge is 2.37. The van der Waals surface area contributed by atoms with Crippen LogP contribution in [0.3, 0.4) is 0 Å². The average molecular weight is 236 g/mol. The summed E-state index contributed by atoms with van der Waals surface area (Å²) in [6, 6.07) is 0. The first-order chi connectivity index (χ1) is 8.08. The number of hydrogen-bond donors (Lipinski definition) is 3. The summed E-state index contributed by atoms with van der Waals surface area (Å²) in [6.45, 7) is 4.26. The van der Waals surface area contributed by atoms with Crippen LogP contribution in [0.1, 0.15) is 44.6 Å². The molecule has 1 aliphatic carbocycles. The van der Waals surface area contributed by atoms with Crippen molar-refractivity contribution in [1.82, 2.24) is 9.97 Å². The van der Waals surface area contributed by atoms with Gasteiger partial charge in [0, 0.05) is 5.56 Å². The summed E-state index contributed by atoms with van der Waals surface area (Å²) in [5.41, 5.74) is 6.62. The van der Waals surface area contributed by atoms with Gasteiger partial charge in [-0.25, -0.2) is 9.97 Å². The molecule has 0 unspecified atom stereocenters. The SMILES string of the molecule is CC(C)c1c(N)ncnc1NC1(CO)CCC1. The maximum atomic E-state index is 9.46. The quantitative estimate of drug-likeness (QED) is 0.738. The third-order valence-corrected chi connectivity index (χ3v) is 3.49. The lowest BCUT2D eigenvalue weighted by Crippen LogP contribution is -2.48. The summed E-state index contributed by atoms with van der Waals surface area (Å²) in [5.74, 6) is 1.54. The molecule has 1 aromatic heterocycles. The molecule has 0 aromatic carbocycles. The zero-order valence-electron chi connectivity index (χ0n) is 10.4. The molecule has 1 saturated carbocycles. The van der Waals surface area contributed by atoms with Crippen LogP contribution in [-0.2, 0) is 0 Å². The Labute approximate surface area is 101 Å². The molecule has 5 heteroatoms. The minimum Gasteiger partial charge on any atom is -0.394 e. The van der Waals surface area contributed by atoms with Crippen molar-refractivity contribution >= 4 is 11.6 Å². The minimum absolute atomic E-state index is 0.133. The first-order valence-corrected chi connectivity index (χ1v) is 6.07. The van der Waals surface area contributed by atoms with Crippen molar-refractivity contribution in [1.29, 1.82) is 0 Å². The van der Waals surface area contributed by atoms with E-state index in [-0.39, 0.29) is 18.1 Å². The molecule has 5 nitrogen and oxygen atoms in total. The summed E-state index contributed by atoms with van der Waals surface area (Å²) in [7, 11) is 0. The van der Waals surface area contributed by atoms with Gasteiger partial charge in [-0.3, -0.25) is 0 Å². The number of anilines is 2. The van der Waals surface area contributed by atoms with E-state index in [1.165, 1.54) is 6.33 Å². The number of aliphatic hydroxyl groups is 1. The standard InChI is InChI=1S/C12H20N4O/c1-8(2)9-10(13)14-7-15-11(9)16-12(6-17)4-3-5-12/h7-8,17H,3-6H2,1-2H3,(H3,13,14,15,16). The highest BCUT2D eigenvalue weighted by Crippen LogP contribution is 2.37. The second-order valence-corrected chi connectivity index (χ2v) is 5.09. The van der Waals surface area contributed by atoms with Gasteiger partial charge in [-0.05, 0) is 25.2 Å². The number of aromatic nitrogens is 2. The number of nitrogens with one attached hydrogen (secondary N) is 1. The van der Waals surface area contributed by atoms with Crippen molar-refractivity contribution in [2.45, 2.75) is 44.6 Å². The highest BCUT2D eigenvalue weighted by atomic mass is 16.3. The lowest BCUT2D eigenvalue weighted by molar-refractivity contribution is 0.143. The van der Waals surface area contributed by atoms with E-state index in [4.69, 9.17) is 5.73 Å². The molecule has 0 radical (unpaired) electrons. The van der Waals surface area contributed by atoms with Crippen molar-refractivity contribution in [2.24, 2.45) is 0 Å². The Kier molecular flexibility index (Phi) is 3.19. The van der Waals surface area contributed by atoms with Gasteiger partial charge in [0.25, 0.3) is 0 Å². The second kappa shape index (κ2) is 4.49. The summed E-state index contributed by atoms with van der Waals surface area (Å²) in [5, 5.41) is 12.8. The number of nitrogen functional groups attached to an aromatic ring is 1. The average Bonchev–Trinajstić information content (AvgIpc) is 2.23. The van der Waals surface area contributed by atoms with Crippen LogP contribution < -0.4 is 11.1 Å². The maximum absolute atomic E-state index is 9.46. The van der Waals surface area contributed by atoms with Gasteiger partial charge in [-0.1, -0.05) is 13.8 Å². The Hall–Kier alpha value is -1.36. The van der Waals surface area contributed by atoms with Crippen molar-refractivity contribution in [2.75, 3.05) is 17.7 Å². The number of rotatable bonds is 4.